The minimum atomic E-state index is -0.407. The van der Waals surface area contributed by atoms with Crippen LogP contribution < -0.4 is 4.90 Å². The molecule has 1 unspecified atom stereocenters. The van der Waals surface area contributed by atoms with E-state index in [0.29, 0.717) is 5.92 Å². The van der Waals surface area contributed by atoms with Gasteiger partial charge >= 0.3 is 0 Å². The van der Waals surface area contributed by atoms with Crippen LogP contribution >= 0.6 is 0 Å². The fourth-order valence-corrected chi connectivity index (χ4v) is 1.51. The maximum absolute atomic E-state index is 12.9. The van der Waals surface area contributed by atoms with Crippen LogP contribution in [0.1, 0.15) is 27.2 Å². The molecule has 0 aliphatic heterocycles. The minimum absolute atomic E-state index is 0.407. The van der Waals surface area contributed by atoms with Crippen LogP contribution in [0.2, 0.25) is 0 Å². The molecular formula is C12H19FN2. The number of halogens is 1. The highest BCUT2D eigenvalue weighted by molar-refractivity contribution is 5.44. The van der Waals surface area contributed by atoms with Gasteiger partial charge < -0.3 is 4.90 Å². The summed E-state index contributed by atoms with van der Waals surface area (Å²) in [6.45, 7) is 8.33. The molecule has 3 heteroatoms. The first kappa shape index (κ1) is 12.0. The molecule has 0 fully saturated rings. The second-order valence-electron chi connectivity index (χ2n) is 3.89. The standard InChI is InChI=1S/C12H19FN2/c1-4-10(3)9-15(5-2)11-6-7-14-12(13)8-11/h6-8,10H,4-5,9H2,1-3H3. The predicted molar refractivity (Wildman–Crippen MR) is 61.5 cm³/mol. The molecule has 1 rings (SSSR count). The van der Waals surface area contributed by atoms with Gasteiger partial charge in [0.05, 0.1) is 0 Å². The largest absolute Gasteiger partial charge is 0.371 e. The lowest BCUT2D eigenvalue weighted by molar-refractivity contribution is 0.544. The summed E-state index contributed by atoms with van der Waals surface area (Å²) in [7, 11) is 0. The Kier molecular flexibility index (Phi) is 4.53. The molecule has 0 aromatic carbocycles. The molecule has 2 nitrogen and oxygen atoms in total. The topological polar surface area (TPSA) is 16.1 Å². The summed E-state index contributed by atoms with van der Waals surface area (Å²) in [6.07, 6.45) is 2.66. The van der Waals surface area contributed by atoms with E-state index in [0.717, 1.165) is 25.2 Å². The van der Waals surface area contributed by atoms with Crippen molar-refractivity contribution in [3.63, 3.8) is 0 Å². The number of rotatable bonds is 5. The molecule has 0 aliphatic carbocycles. The van der Waals surface area contributed by atoms with Crippen LogP contribution in [0.4, 0.5) is 10.1 Å². The van der Waals surface area contributed by atoms with E-state index in [1.54, 1.807) is 0 Å². The lowest BCUT2D eigenvalue weighted by Crippen LogP contribution is -2.28. The Labute approximate surface area is 91.1 Å². The van der Waals surface area contributed by atoms with E-state index in [4.69, 9.17) is 0 Å². The van der Waals surface area contributed by atoms with Gasteiger partial charge in [-0.1, -0.05) is 20.3 Å². The van der Waals surface area contributed by atoms with Gasteiger partial charge in [0.25, 0.3) is 0 Å². The highest BCUT2D eigenvalue weighted by Gasteiger charge is 2.08. The Morgan fingerprint density at radius 2 is 2.20 bits per heavy atom. The fourth-order valence-electron chi connectivity index (χ4n) is 1.51. The van der Waals surface area contributed by atoms with E-state index < -0.39 is 5.95 Å². The SMILES string of the molecule is CCC(C)CN(CC)c1ccnc(F)c1. The highest BCUT2D eigenvalue weighted by Crippen LogP contribution is 2.16. The molecule has 0 spiro atoms. The summed E-state index contributed by atoms with van der Waals surface area (Å²) in [5, 5.41) is 0. The summed E-state index contributed by atoms with van der Waals surface area (Å²) in [5.74, 6) is 0.219. The zero-order valence-electron chi connectivity index (χ0n) is 9.70. The smallest absolute Gasteiger partial charge is 0.214 e. The zero-order valence-corrected chi connectivity index (χ0v) is 9.70. The molecule has 1 aromatic rings. The second-order valence-corrected chi connectivity index (χ2v) is 3.89. The quantitative estimate of drug-likeness (QED) is 0.694. The molecule has 0 N–H and O–H groups in total. The molecule has 0 amide bonds. The van der Waals surface area contributed by atoms with Crippen molar-refractivity contribution in [3.8, 4) is 0 Å². The second kappa shape index (κ2) is 5.69. The number of anilines is 1. The van der Waals surface area contributed by atoms with Crippen molar-refractivity contribution >= 4 is 5.69 Å². The van der Waals surface area contributed by atoms with Crippen LogP contribution in [0, 0.1) is 11.9 Å². The van der Waals surface area contributed by atoms with Crippen LogP contribution in [-0.4, -0.2) is 18.1 Å². The molecule has 1 aromatic heterocycles. The maximum atomic E-state index is 12.9. The first-order valence-electron chi connectivity index (χ1n) is 5.53. The Bertz CT molecular complexity index is 301. The van der Waals surface area contributed by atoms with Crippen molar-refractivity contribution in [2.24, 2.45) is 5.92 Å². The molecule has 1 heterocycles. The van der Waals surface area contributed by atoms with Gasteiger partial charge in [-0.2, -0.15) is 4.39 Å². The molecule has 1 atom stereocenters. The molecule has 0 radical (unpaired) electrons. The lowest BCUT2D eigenvalue weighted by atomic mass is 10.1. The summed E-state index contributed by atoms with van der Waals surface area (Å²) < 4.78 is 12.9. The molecule has 0 aliphatic rings. The fraction of sp³-hybridized carbons (Fsp3) is 0.583. The van der Waals surface area contributed by atoms with Crippen molar-refractivity contribution < 1.29 is 4.39 Å². The summed E-state index contributed by atoms with van der Waals surface area (Å²) in [5.41, 5.74) is 0.922. The molecule has 0 bridgehead atoms. The van der Waals surface area contributed by atoms with E-state index >= 15 is 0 Å². The van der Waals surface area contributed by atoms with Gasteiger partial charge in [0.2, 0.25) is 5.95 Å². The molecule has 0 saturated carbocycles. The van der Waals surface area contributed by atoms with Gasteiger partial charge in [0.1, 0.15) is 0 Å². The maximum Gasteiger partial charge on any atom is 0.214 e. The van der Waals surface area contributed by atoms with Crippen molar-refractivity contribution in [3.05, 3.63) is 24.3 Å². The average Bonchev–Trinajstić information content (AvgIpc) is 2.25. The van der Waals surface area contributed by atoms with Gasteiger partial charge in [-0.05, 0) is 18.9 Å². The van der Waals surface area contributed by atoms with E-state index in [-0.39, 0.29) is 0 Å². The summed E-state index contributed by atoms with van der Waals surface area (Å²) in [4.78, 5) is 5.74. The number of aromatic nitrogens is 1. The van der Waals surface area contributed by atoms with Crippen LogP contribution in [0.15, 0.2) is 18.3 Å². The van der Waals surface area contributed by atoms with E-state index in [2.05, 4.69) is 30.7 Å². The lowest BCUT2D eigenvalue weighted by Gasteiger charge is -2.25. The normalized spacial score (nSPS) is 12.5. The molecule has 15 heavy (non-hydrogen) atoms. The summed E-state index contributed by atoms with van der Waals surface area (Å²) >= 11 is 0. The van der Waals surface area contributed by atoms with Crippen molar-refractivity contribution in [1.29, 1.82) is 0 Å². The Hall–Kier alpha value is -1.12. The molecule has 84 valence electrons. The number of pyridine rings is 1. The van der Waals surface area contributed by atoms with Crippen molar-refractivity contribution in [2.45, 2.75) is 27.2 Å². The monoisotopic (exact) mass is 210 g/mol. The number of hydrogen-bond acceptors (Lipinski definition) is 2. The van der Waals surface area contributed by atoms with E-state index in [1.165, 1.54) is 12.3 Å². The van der Waals surface area contributed by atoms with Gasteiger partial charge in [-0.25, -0.2) is 4.98 Å². The van der Waals surface area contributed by atoms with Crippen molar-refractivity contribution in [2.75, 3.05) is 18.0 Å². The Balaban J connectivity index is 2.73. The number of hydrogen-bond donors (Lipinski definition) is 0. The predicted octanol–water partition coefficient (Wildman–Crippen LogP) is 3.09. The molecule has 0 saturated heterocycles. The van der Waals surface area contributed by atoms with Gasteiger partial charge in [-0.15, -0.1) is 0 Å². The van der Waals surface area contributed by atoms with Gasteiger partial charge in [-0.3, -0.25) is 0 Å². The third-order valence-corrected chi connectivity index (χ3v) is 2.69. The van der Waals surface area contributed by atoms with Crippen LogP contribution in [0.3, 0.4) is 0 Å². The molecular weight excluding hydrogens is 191 g/mol. The minimum Gasteiger partial charge on any atom is -0.371 e. The first-order valence-corrected chi connectivity index (χ1v) is 5.53. The number of nitrogens with zero attached hydrogens (tertiary/aromatic N) is 2. The third-order valence-electron chi connectivity index (χ3n) is 2.69. The van der Waals surface area contributed by atoms with E-state index in [9.17, 15) is 4.39 Å². The first-order chi connectivity index (χ1) is 7.17. The van der Waals surface area contributed by atoms with Gasteiger partial charge in [0, 0.05) is 31.0 Å². The van der Waals surface area contributed by atoms with Gasteiger partial charge in [0.15, 0.2) is 0 Å². The Morgan fingerprint density at radius 3 is 2.73 bits per heavy atom. The van der Waals surface area contributed by atoms with Crippen LogP contribution in [0.5, 0.6) is 0 Å². The average molecular weight is 210 g/mol. The Morgan fingerprint density at radius 1 is 1.47 bits per heavy atom. The van der Waals surface area contributed by atoms with Crippen molar-refractivity contribution in [1.82, 2.24) is 4.98 Å². The van der Waals surface area contributed by atoms with E-state index in [1.807, 2.05) is 6.07 Å². The summed E-state index contributed by atoms with van der Waals surface area (Å²) in [6, 6.07) is 3.35. The highest BCUT2D eigenvalue weighted by atomic mass is 19.1. The van der Waals surface area contributed by atoms with Crippen LogP contribution in [-0.2, 0) is 0 Å². The zero-order chi connectivity index (χ0) is 11.3. The third kappa shape index (κ3) is 3.50. The van der Waals surface area contributed by atoms with Crippen LogP contribution in [0.25, 0.3) is 0 Å².